The molecule has 1 aromatic heterocycles. The lowest BCUT2D eigenvalue weighted by molar-refractivity contribution is 0.113. The predicted octanol–water partition coefficient (Wildman–Crippen LogP) is 1.92. The molecule has 0 aliphatic carbocycles. The zero-order valence-corrected chi connectivity index (χ0v) is 10.4. The Kier molecular flexibility index (Phi) is 5.75. The van der Waals surface area contributed by atoms with Crippen LogP contribution in [-0.2, 0) is 4.74 Å². The highest BCUT2D eigenvalue weighted by Crippen LogP contribution is 2.19. The molecule has 1 N–H and O–H groups in total. The number of aromatic nitrogens is 2. The van der Waals surface area contributed by atoms with Gasteiger partial charge in [-0.15, -0.1) is 5.10 Å². The molecule has 0 amide bonds. The molecule has 1 rings (SSSR count). The average Bonchev–Trinajstić information content (AvgIpc) is 2.64. The van der Waals surface area contributed by atoms with Gasteiger partial charge in [0.1, 0.15) is 0 Å². The second-order valence-corrected chi connectivity index (χ2v) is 4.19. The minimum Gasteiger partial charge on any atom is -0.379 e. The van der Waals surface area contributed by atoms with Crippen LogP contribution in [0.1, 0.15) is 36.9 Å². The first-order chi connectivity index (χ1) is 7.29. The van der Waals surface area contributed by atoms with Crippen LogP contribution in [0.2, 0.25) is 0 Å². The van der Waals surface area contributed by atoms with Gasteiger partial charge in [-0.05, 0) is 31.4 Å². The van der Waals surface area contributed by atoms with E-state index in [1.807, 2.05) is 6.92 Å². The summed E-state index contributed by atoms with van der Waals surface area (Å²) in [6, 6.07) is 0.238. The van der Waals surface area contributed by atoms with Crippen LogP contribution in [0.5, 0.6) is 0 Å². The Morgan fingerprint density at radius 1 is 1.47 bits per heavy atom. The van der Waals surface area contributed by atoms with Gasteiger partial charge >= 0.3 is 0 Å². The Balaban J connectivity index is 2.53. The number of ether oxygens (including phenoxy) is 1. The third-order valence-electron chi connectivity index (χ3n) is 2.09. The maximum Gasteiger partial charge on any atom is 0.0773 e. The lowest BCUT2D eigenvalue weighted by atomic mass is 10.2. The number of nitrogens with zero attached hydrogens (tertiary/aromatic N) is 2. The molecule has 1 aromatic rings. The highest BCUT2D eigenvalue weighted by molar-refractivity contribution is 7.05. The zero-order valence-electron chi connectivity index (χ0n) is 9.62. The summed E-state index contributed by atoms with van der Waals surface area (Å²) in [4.78, 5) is 1.19. The van der Waals surface area contributed by atoms with E-state index in [9.17, 15) is 0 Å². The van der Waals surface area contributed by atoms with Crippen molar-refractivity contribution in [2.75, 3.05) is 19.8 Å². The molecule has 0 aliphatic heterocycles. The van der Waals surface area contributed by atoms with Crippen LogP contribution in [0.25, 0.3) is 0 Å². The highest BCUT2D eigenvalue weighted by Gasteiger charge is 2.16. The normalized spacial score (nSPS) is 13.0. The molecule has 5 heteroatoms. The van der Waals surface area contributed by atoms with Gasteiger partial charge in [-0.2, -0.15) is 0 Å². The summed E-state index contributed by atoms with van der Waals surface area (Å²) in [5, 5.41) is 7.41. The molecule has 0 aliphatic rings. The van der Waals surface area contributed by atoms with Crippen molar-refractivity contribution in [2.24, 2.45) is 0 Å². The van der Waals surface area contributed by atoms with Crippen molar-refractivity contribution < 1.29 is 4.74 Å². The molecule has 4 nitrogen and oxygen atoms in total. The van der Waals surface area contributed by atoms with Gasteiger partial charge in [0.25, 0.3) is 0 Å². The molecule has 0 saturated heterocycles. The molecular formula is C10H19N3OS. The molecule has 1 heterocycles. The van der Waals surface area contributed by atoms with Gasteiger partial charge in [0, 0.05) is 6.61 Å². The largest absolute Gasteiger partial charge is 0.379 e. The third kappa shape index (κ3) is 3.85. The lowest BCUT2D eigenvalue weighted by Gasteiger charge is -2.16. The van der Waals surface area contributed by atoms with Gasteiger partial charge in [0.05, 0.1) is 23.2 Å². The summed E-state index contributed by atoms with van der Waals surface area (Å²) in [5.74, 6) is 0. The Hall–Kier alpha value is -0.520. The predicted molar refractivity (Wildman–Crippen MR) is 62.2 cm³/mol. The highest BCUT2D eigenvalue weighted by atomic mass is 32.1. The molecule has 0 spiro atoms. The molecule has 0 radical (unpaired) electrons. The molecule has 1 atom stereocenters. The van der Waals surface area contributed by atoms with Crippen molar-refractivity contribution >= 4 is 11.5 Å². The number of rotatable bonds is 7. The first-order valence-corrected chi connectivity index (χ1v) is 6.16. The van der Waals surface area contributed by atoms with Crippen molar-refractivity contribution in [2.45, 2.75) is 33.2 Å². The van der Waals surface area contributed by atoms with Crippen LogP contribution in [0.4, 0.5) is 0 Å². The molecular weight excluding hydrogens is 210 g/mol. The maximum atomic E-state index is 5.56. The van der Waals surface area contributed by atoms with Gasteiger partial charge in [-0.1, -0.05) is 18.3 Å². The molecule has 15 heavy (non-hydrogen) atoms. The summed E-state index contributed by atoms with van der Waals surface area (Å²) >= 11 is 1.45. The summed E-state index contributed by atoms with van der Waals surface area (Å²) < 4.78 is 9.51. The zero-order chi connectivity index (χ0) is 11.1. The standard InChI is InChI=1S/C10H19N3OS/c1-4-6-14-7-9(11-5-2)10-8(3)12-13-15-10/h9,11H,4-7H2,1-3H3. The first kappa shape index (κ1) is 12.5. The van der Waals surface area contributed by atoms with E-state index in [1.54, 1.807) is 0 Å². The van der Waals surface area contributed by atoms with E-state index in [-0.39, 0.29) is 6.04 Å². The Labute approximate surface area is 95.2 Å². The molecule has 0 aromatic carbocycles. The first-order valence-electron chi connectivity index (χ1n) is 5.39. The van der Waals surface area contributed by atoms with E-state index in [1.165, 1.54) is 16.4 Å². The van der Waals surface area contributed by atoms with Crippen LogP contribution in [0.3, 0.4) is 0 Å². The maximum absolute atomic E-state index is 5.56. The second kappa shape index (κ2) is 6.87. The van der Waals surface area contributed by atoms with Gasteiger partial charge in [0.15, 0.2) is 0 Å². The molecule has 0 bridgehead atoms. The van der Waals surface area contributed by atoms with E-state index in [0.29, 0.717) is 6.61 Å². The average molecular weight is 229 g/mol. The van der Waals surface area contributed by atoms with Crippen molar-refractivity contribution in [1.29, 1.82) is 0 Å². The van der Waals surface area contributed by atoms with Crippen molar-refractivity contribution in [3.63, 3.8) is 0 Å². The van der Waals surface area contributed by atoms with E-state index in [2.05, 4.69) is 28.8 Å². The monoisotopic (exact) mass is 229 g/mol. The number of aryl methyl sites for hydroxylation is 1. The van der Waals surface area contributed by atoms with Gasteiger partial charge in [-0.3, -0.25) is 0 Å². The quantitative estimate of drug-likeness (QED) is 0.726. The van der Waals surface area contributed by atoms with E-state index < -0.39 is 0 Å². The van der Waals surface area contributed by atoms with E-state index >= 15 is 0 Å². The van der Waals surface area contributed by atoms with Crippen molar-refractivity contribution in [3.05, 3.63) is 10.6 Å². The van der Waals surface area contributed by atoms with Crippen LogP contribution in [-0.4, -0.2) is 29.3 Å². The number of likely N-dealkylation sites (N-methyl/N-ethyl adjacent to an activating group) is 1. The summed E-state index contributed by atoms with van der Waals surface area (Å²) in [7, 11) is 0. The Morgan fingerprint density at radius 2 is 2.27 bits per heavy atom. The fraction of sp³-hybridized carbons (Fsp3) is 0.800. The third-order valence-corrected chi connectivity index (χ3v) is 3.03. The summed E-state index contributed by atoms with van der Waals surface area (Å²) in [6.45, 7) is 8.64. The topological polar surface area (TPSA) is 47.0 Å². The fourth-order valence-electron chi connectivity index (χ4n) is 1.38. The number of hydrogen-bond donors (Lipinski definition) is 1. The SMILES string of the molecule is CCCOCC(NCC)c1snnc1C. The molecule has 0 saturated carbocycles. The van der Waals surface area contributed by atoms with Gasteiger partial charge in [-0.25, -0.2) is 0 Å². The van der Waals surface area contributed by atoms with Gasteiger partial charge < -0.3 is 10.1 Å². The number of nitrogens with one attached hydrogen (secondary N) is 1. The van der Waals surface area contributed by atoms with Crippen LogP contribution in [0, 0.1) is 6.92 Å². The fourth-order valence-corrected chi connectivity index (χ4v) is 2.08. The van der Waals surface area contributed by atoms with Crippen molar-refractivity contribution in [3.8, 4) is 0 Å². The number of hydrogen-bond acceptors (Lipinski definition) is 5. The molecule has 86 valence electrons. The minimum absolute atomic E-state index is 0.238. The summed E-state index contributed by atoms with van der Waals surface area (Å²) in [5.41, 5.74) is 1.01. The molecule has 0 fully saturated rings. The Morgan fingerprint density at radius 3 is 2.80 bits per heavy atom. The van der Waals surface area contributed by atoms with Crippen molar-refractivity contribution in [1.82, 2.24) is 14.9 Å². The lowest BCUT2D eigenvalue weighted by Crippen LogP contribution is -2.25. The molecule has 1 unspecified atom stereocenters. The summed E-state index contributed by atoms with van der Waals surface area (Å²) in [6.07, 6.45) is 1.05. The minimum atomic E-state index is 0.238. The Bertz CT molecular complexity index is 277. The van der Waals surface area contributed by atoms with Crippen LogP contribution in [0.15, 0.2) is 0 Å². The van der Waals surface area contributed by atoms with E-state index in [4.69, 9.17) is 4.74 Å². The van der Waals surface area contributed by atoms with E-state index in [0.717, 1.165) is 25.3 Å². The smallest absolute Gasteiger partial charge is 0.0773 e. The van der Waals surface area contributed by atoms with Gasteiger partial charge in [0.2, 0.25) is 0 Å². The second-order valence-electron chi connectivity index (χ2n) is 3.41. The van der Waals surface area contributed by atoms with Crippen LogP contribution >= 0.6 is 11.5 Å². The van der Waals surface area contributed by atoms with Crippen LogP contribution < -0.4 is 5.32 Å².